The van der Waals surface area contributed by atoms with Crippen LogP contribution >= 0.6 is 11.8 Å². The predicted molar refractivity (Wildman–Crippen MR) is 80.6 cm³/mol. The molecule has 1 aliphatic heterocycles. The first-order chi connectivity index (χ1) is 10.2. The highest BCUT2D eigenvalue weighted by Gasteiger charge is 2.14. The van der Waals surface area contributed by atoms with Gasteiger partial charge in [0, 0.05) is 11.8 Å². The van der Waals surface area contributed by atoms with Crippen LogP contribution in [0, 0.1) is 0 Å². The summed E-state index contributed by atoms with van der Waals surface area (Å²) in [7, 11) is 0. The summed E-state index contributed by atoms with van der Waals surface area (Å²) in [5, 5.41) is 3.56. The van der Waals surface area contributed by atoms with E-state index in [4.69, 9.17) is 15.2 Å². The fourth-order valence-corrected chi connectivity index (χ4v) is 2.43. The van der Waals surface area contributed by atoms with Gasteiger partial charge in [-0.3, -0.25) is 4.79 Å². The maximum atomic E-state index is 11.9. The van der Waals surface area contributed by atoms with Gasteiger partial charge in [0.1, 0.15) is 0 Å². The quantitative estimate of drug-likeness (QED) is 0.841. The second kappa shape index (κ2) is 5.92. The van der Waals surface area contributed by atoms with Crippen LogP contribution in [0.25, 0.3) is 0 Å². The molecule has 0 aliphatic carbocycles. The number of hydrogen-bond acceptors (Lipinski definition) is 6. The Bertz CT molecular complexity index is 661. The summed E-state index contributed by atoms with van der Waals surface area (Å²) in [4.78, 5) is 16.0. The molecule has 2 heterocycles. The molecule has 0 unspecified atom stereocenters. The molecule has 21 heavy (non-hydrogen) atoms. The molecule has 1 amide bonds. The van der Waals surface area contributed by atoms with Crippen molar-refractivity contribution in [2.75, 3.05) is 23.6 Å². The number of anilines is 2. The van der Waals surface area contributed by atoms with Crippen LogP contribution in [-0.2, 0) is 4.79 Å². The molecule has 0 atom stereocenters. The van der Waals surface area contributed by atoms with Crippen LogP contribution in [0.3, 0.4) is 0 Å². The van der Waals surface area contributed by atoms with Gasteiger partial charge < -0.3 is 20.5 Å². The number of nitrogens with one attached hydrogen (secondary N) is 1. The van der Waals surface area contributed by atoms with Crippen molar-refractivity contribution in [2.24, 2.45) is 0 Å². The predicted octanol–water partition coefficient (Wildman–Crippen LogP) is 2.12. The van der Waals surface area contributed by atoms with Crippen molar-refractivity contribution in [3.05, 3.63) is 36.5 Å². The topological polar surface area (TPSA) is 86.5 Å². The highest BCUT2D eigenvalue weighted by atomic mass is 32.2. The van der Waals surface area contributed by atoms with Gasteiger partial charge in [0.2, 0.25) is 12.7 Å². The van der Waals surface area contributed by atoms with Gasteiger partial charge in [0.15, 0.2) is 11.5 Å². The third-order valence-electron chi connectivity index (χ3n) is 2.77. The first-order valence-electron chi connectivity index (χ1n) is 6.24. The number of pyridine rings is 1. The Labute approximate surface area is 125 Å². The number of amides is 1. The fraction of sp³-hybridized carbons (Fsp3) is 0.143. The summed E-state index contributed by atoms with van der Waals surface area (Å²) >= 11 is 1.35. The number of hydrogen-bond donors (Lipinski definition) is 2. The number of ether oxygens (including phenoxy) is 2. The molecule has 1 aromatic heterocycles. The van der Waals surface area contributed by atoms with Crippen molar-refractivity contribution in [3.63, 3.8) is 0 Å². The molecule has 0 radical (unpaired) electrons. The van der Waals surface area contributed by atoms with E-state index in [1.807, 2.05) is 0 Å². The molecule has 3 N–H and O–H groups in total. The minimum Gasteiger partial charge on any atom is -0.454 e. The maximum absolute atomic E-state index is 11.9. The van der Waals surface area contributed by atoms with Crippen LogP contribution < -0.4 is 20.5 Å². The van der Waals surface area contributed by atoms with Gasteiger partial charge in [0.05, 0.1) is 22.7 Å². The lowest BCUT2D eigenvalue weighted by Crippen LogP contribution is -2.14. The van der Waals surface area contributed by atoms with E-state index >= 15 is 0 Å². The van der Waals surface area contributed by atoms with E-state index in [0.717, 1.165) is 5.03 Å². The Morgan fingerprint density at radius 2 is 2.14 bits per heavy atom. The Morgan fingerprint density at radius 3 is 2.95 bits per heavy atom. The van der Waals surface area contributed by atoms with Gasteiger partial charge in [-0.2, -0.15) is 0 Å². The normalized spacial score (nSPS) is 12.2. The van der Waals surface area contributed by atoms with E-state index in [9.17, 15) is 4.79 Å². The summed E-state index contributed by atoms with van der Waals surface area (Å²) in [5.41, 5.74) is 6.83. The van der Waals surface area contributed by atoms with Crippen LogP contribution in [0.5, 0.6) is 11.5 Å². The van der Waals surface area contributed by atoms with E-state index < -0.39 is 0 Å². The Balaban J connectivity index is 1.55. The summed E-state index contributed by atoms with van der Waals surface area (Å²) < 4.78 is 10.5. The molecule has 0 spiro atoms. The van der Waals surface area contributed by atoms with Crippen LogP contribution in [0.4, 0.5) is 11.4 Å². The number of aromatic nitrogens is 1. The van der Waals surface area contributed by atoms with E-state index in [0.29, 0.717) is 22.9 Å². The lowest BCUT2D eigenvalue weighted by atomic mass is 10.3. The third-order valence-corrected chi connectivity index (χ3v) is 3.71. The summed E-state index contributed by atoms with van der Waals surface area (Å²) in [6.07, 6.45) is 1.57. The number of nitrogens with two attached hydrogens (primary N) is 1. The monoisotopic (exact) mass is 303 g/mol. The molecular weight excluding hydrogens is 290 g/mol. The van der Waals surface area contributed by atoms with Crippen molar-refractivity contribution in [1.29, 1.82) is 0 Å². The van der Waals surface area contributed by atoms with Crippen LogP contribution in [0.2, 0.25) is 0 Å². The minimum atomic E-state index is -0.113. The highest BCUT2D eigenvalue weighted by Crippen LogP contribution is 2.34. The zero-order valence-electron chi connectivity index (χ0n) is 11.0. The second-order valence-corrected chi connectivity index (χ2v) is 5.33. The van der Waals surface area contributed by atoms with Crippen molar-refractivity contribution in [2.45, 2.75) is 5.03 Å². The van der Waals surface area contributed by atoms with E-state index in [2.05, 4.69) is 10.3 Å². The number of thioether (sulfide) groups is 1. The highest BCUT2D eigenvalue weighted by molar-refractivity contribution is 7.99. The summed E-state index contributed by atoms with van der Waals surface area (Å²) in [6.45, 7) is 0.214. The van der Waals surface area contributed by atoms with Gasteiger partial charge in [0.25, 0.3) is 0 Å². The minimum absolute atomic E-state index is 0.113. The molecule has 0 fully saturated rings. The van der Waals surface area contributed by atoms with Crippen LogP contribution in [0.1, 0.15) is 0 Å². The third kappa shape index (κ3) is 3.38. The first kappa shape index (κ1) is 13.6. The number of carbonyl (C=O) groups is 1. The Kier molecular flexibility index (Phi) is 3.83. The average molecular weight is 303 g/mol. The molecule has 6 nitrogen and oxygen atoms in total. The lowest BCUT2D eigenvalue weighted by Gasteiger charge is -2.06. The van der Waals surface area contributed by atoms with E-state index in [-0.39, 0.29) is 18.5 Å². The zero-order valence-corrected chi connectivity index (χ0v) is 11.9. The SMILES string of the molecule is Nc1ccc(SCC(=O)Nc2ccc3c(c2)OCO3)nc1. The van der Waals surface area contributed by atoms with Crippen molar-refractivity contribution in [1.82, 2.24) is 4.98 Å². The number of nitrogens with zero attached hydrogens (tertiary/aromatic N) is 1. The Morgan fingerprint density at radius 1 is 1.29 bits per heavy atom. The molecule has 108 valence electrons. The van der Waals surface area contributed by atoms with E-state index in [1.165, 1.54) is 11.8 Å². The van der Waals surface area contributed by atoms with Crippen molar-refractivity contribution in [3.8, 4) is 11.5 Å². The van der Waals surface area contributed by atoms with Gasteiger partial charge in [-0.15, -0.1) is 0 Å². The molecule has 3 rings (SSSR count). The largest absolute Gasteiger partial charge is 0.454 e. The maximum Gasteiger partial charge on any atom is 0.234 e. The van der Waals surface area contributed by atoms with Crippen LogP contribution in [-0.4, -0.2) is 23.4 Å². The van der Waals surface area contributed by atoms with Crippen molar-refractivity contribution >= 4 is 29.0 Å². The van der Waals surface area contributed by atoms with Crippen LogP contribution in [0.15, 0.2) is 41.6 Å². The second-order valence-electron chi connectivity index (χ2n) is 4.33. The summed E-state index contributed by atoms with van der Waals surface area (Å²) in [5.74, 6) is 1.48. The van der Waals surface area contributed by atoms with Gasteiger partial charge >= 0.3 is 0 Å². The molecule has 1 aliphatic rings. The smallest absolute Gasteiger partial charge is 0.234 e. The number of benzene rings is 1. The number of nitrogen functional groups attached to an aromatic ring is 1. The van der Waals surface area contributed by atoms with E-state index in [1.54, 1.807) is 36.5 Å². The molecule has 2 aromatic rings. The van der Waals surface area contributed by atoms with Gasteiger partial charge in [-0.1, -0.05) is 11.8 Å². The fourth-order valence-electron chi connectivity index (χ4n) is 1.79. The Hall–Kier alpha value is -2.41. The molecule has 0 saturated carbocycles. The lowest BCUT2D eigenvalue weighted by molar-refractivity contribution is -0.113. The molecule has 7 heteroatoms. The first-order valence-corrected chi connectivity index (χ1v) is 7.23. The zero-order chi connectivity index (χ0) is 14.7. The standard InChI is InChI=1S/C14H13N3O3S/c15-9-1-4-14(16-6-9)21-7-13(18)17-10-2-3-11-12(5-10)20-8-19-11/h1-6H,7-8,15H2,(H,17,18). The van der Waals surface area contributed by atoms with Gasteiger partial charge in [-0.25, -0.2) is 4.98 Å². The number of carbonyl (C=O) groups excluding carboxylic acids is 1. The number of fused-ring (bicyclic) bond motifs is 1. The van der Waals surface area contributed by atoms with Gasteiger partial charge in [-0.05, 0) is 24.3 Å². The van der Waals surface area contributed by atoms with Crippen molar-refractivity contribution < 1.29 is 14.3 Å². The number of rotatable bonds is 4. The molecule has 1 aromatic carbocycles. The molecule has 0 saturated heterocycles. The molecular formula is C14H13N3O3S. The summed E-state index contributed by atoms with van der Waals surface area (Å²) in [6, 6.07) is 8.83. The molecule has 0 bridgehead atoms. The average Bonchev–Trinajstić information content (AvgIpc) is 2.94.